The van der Waals surface area contributed by atoms with Gasteiger partial charge in [0.05, 0.1) is 11.9 Å². The van der Waals surface area contributed by atoms with Gasteiger partial charge >= 0.3 is 0 Å². The molecule has 0 atom stereocenters. The van der Waals surface area contributed by atoms with Crippen LogP contribution in [0.2, 0.25) is 0 Å². The van der Waals surface area contributed by atoms with Crippen LogP contribution in [0.25, 0.3) is 17.3 Å². The second-order valence-electron chi connectivity index (χ2n) is 3.65. The second kappa shape index (κ2) is 4.74. The summed E-state index contributed by atoms with van der Waals surface area (Å²) in [5.41, 5.74) is 2.39. The lowest BCUT2D eigenvalue weighted by atomic mass is 10.1. The van der Waals surface area contributed by atoms with E-state index in [1.807, 2.05) is 0 Å². The first-order valence-electron chi connectivity index (χ1n) is 5.15. The summed E-state index contributed by atoms with van der Waals surface area (Å²) in [5.74, 6) is -0.314. The van der Waals surface area contributed by atoms with Gasteiger partial charge in [0.2, 0.25) is 0 Å². The number of aromatic nitrogens is 2. The number of aromatic amines is 1. The molecule has 0 bridgehead atoms. The van der Waals surface area contributed by atoms with Gasteiger partial charge in [0.15, 0.2) is 5.78 Å². The fourth-order valence-corrected chi connectivity index (χ4v) is 1.48. The van der Waals surface area contributed by atoms with Crippen molar-refractivity contribution in [3.8, 4) is 11.3 Å². The normalized spacial score (nSPS) is 10.9. The van der Waals surface area contributed by atoms with Crippen molar-refractivity contribution in [1.82, 2.24) is 10.2 Å². The summed E-state index contributed by atoms with van der Waals surface area (Å²) in [5, 5.41) is 6.75. The van der Waals surface area contributed by atoms with E-state index < -0.39 is 0 Å². The third-order valence-corrected chi connectivity index (χ3v) is 2.30. The minimum Gasteiger partial charge on any atom is -0.295 e. The molecular weight excluding hydrogens is 219 g/mol. The van der Waals surface area contributed by atoms with Gasteiger partial charge in [-0.05, 0) is 43.3 Å². The summed E-state index contributed by atoms with van der Waals surface area (Å²) in [6.07, 6.45) is 4.78. The minimum atomic E-state index is -0.283. The van der Waals surface area contributed by atoms with Crippen molar-refractivity contribution in [2.45, 2.75) is 6.92 Å². The van der Waals surface area contributed by atoms with Crippen molar-refractivity contribution in [3.63, 3.8) is 0 Å². The summed E-state index contributed by atoms with van der Waals surface area (Å²) in [6.45, 7) is 1.48. The predicted octanol–water partition coefficient (Wildman–Crippen LogP) is 2.82. The number of nitrogens with one attached hydrogen (secondary N) is 1. The standard InChI is InChI=1S/C13H11FN2O/c1-9(17)2-3-11-8-15-16-13(11)10-4-6-12(14)7-5-10/h2-8H,1H3,(H,15,16)/b3-2+. The molecule has 1 aromatic carbocycles. The van der Waals surface area contributed by atoms with Crippen LogP contribution in [-0.2, 0) is 4.79 Å². The zero-order valence-electron chi connectivity index (χ0n) is 9.27. The minimum absolute atomic E-state index is 0.0312. The van der Waals surface area contributed by atoms with E-state index in [0.717, 1.165) is 16.8 Å². The zero-order valence-corrected chi connectivity index (χ0v) is 9.27. The fourth-order valence-electron chi connectivity index (χ4n) is 1.48. The van der Waals surface area contributed by atoms with E-state index in [9.17, 15) is 9.18 Å². The van der Waals surface area contributed by atoms with Crippen LogP contribution >= 0.6 is 0 Å². The van der Waals surface area contributed by atoms with Crippen molar-refractivity contribution in [2.24, 2.45) is 0 Å². The molecule has 0 unspecified atom stereocenters. The van der Waals surface area contributed by atoms with Crippen molar-refractivity contribution in [3.05, 3.63) is 47.9 Å². The summed E-state index contributed by atoms with van der Waals surface area (Å²) < 4.78 is 12.8. The van der Waals surface area contributed by atoms with E-state index in [0.29, 0.717) is 0 Å². The number of halogens is 1. The zero-order chi connectivity index (χ0) is 12.3. The predicted molar refractivity (Wildman–Crippen MR) is 63.7 cm³/mol. The molecule has 0 fully saturated rings. The molecule has 2 aromatic rings. The lowest BCUT2D eigenvalue weighted by Crippen LogP contribution is -1.83. The van der Waals surface area contributed by atoms with Crippen molar-refractivity contribution in [2.75, 3.05) is 0 Å². The number of hydrogen-bond acceptors (Lipinski definition) is 2. The topological polar surface area (TPSA) is 45.8 Å². The van der Waals surface area contributed by atoms with Crippen LogP contribution < -0.4 is 0 Å². The smallest absolute Gasteiger partial charge is 0.152 e. The Labute approximate surface area is 98.0 Å². The van der Waals surface area contributed by atoms with Crippen LogP contribution in [0.5, 0.6) is 0 Å². The van der Waals surface area contributed by atoms with Crippen LogP contribution in [0, 0.1) is 5.82 Å². The van der Waals surface area contributed by atoms with Gasteiger partial charge in [0.1, 0.15) is 5.82 Å². The first-order chi connectivity index (χ1) is 8.16. The fraction of sp³-hybridized carbons (Fsp3) is 0.0769. The van der Waals surface area contributed by atoms with E-state index in [2.05, 4.69) is 10.2 Å². The number of H-pyrrole nitrogens is 1. The van der Waals surface area contributed by atoms with E-state index in [-0.39, 0.29) is 11.6 Å². The first-order valence-corrected chi connectivity index (χ1v) is 5.15. The van der Waals surface area contributed by atoms with Crippen molar-refractivity contribution >= 4 is 11.9 Å². The number of allylic oxidation sites excluding steroid dienone is 1. The number of nitrogens with zero attached hydrogens (tertiary/aromatic N) is 1. The van der Waals surface area contributed by atoms with E-state index in [1.165, 1.54) is 25.1 Å². The van der Waals surface area contributed by atoms with Gasteiger partial charge in [-0.1, -0.05) is 0 Å². The number of hydrogen-bond donors (Lipinski definition) is 1. The van der Waals surface area contributed by atoms with E-state index in [1.54, 1.807) is 24.4 Å². The molecule has 0 aliphatic heterocycles. The maximum atomic E-state index is 12.8. The first kappa shape index (κ1) is 11.3. The molecular formula is C13H11FN2O. The summed E-state index contributed by atoms with van der Waals surface area (Å²) in [4.78, 5) is 10.9. The molecule has 0 spiro atoms. The summed E-state index contributed by atoms with van der Waals surface area (Å²) in [6, 6.07) is 6.09. The van der Waals surface area contributed by atoms with Crippen molar-refractivity contribution in [1.29, 1.82) is 0 Å². The quantitative estimate of drug-likeness (QED) is 0.824. The Morgan fingerprint density at radius 2 is 2.06 bits per heavy atom. The molecule has 0 radical (unpaired) electrons. The molecule has 0 aliphatic carbocycles. The Bertz CT molecular complexity index is 555. The highest BCUT2D eigenvalue weighted by Gasteiger charge is 2.05. The van der Waals surface area contributed by atoms with Crippen molar-refractivity contribution < 1.29 is 9.18 Å². The third-order valence-electron chi connectivity index (χ3n) is 2.30. The molecule has 0 aliphatic rings. The molecule has 0 saturated heterocycles. The lowest BCUT2D eigenvalue weighted by Gasteiger charge is -1.99. The molecule has 1 N–H and O–H groups in total. The van der Waals surface area contributed by atoms with E-state index >= 15 is 0 Å². The Morgan fingerprint density at radius 3 is 2.71 bits per heavy atom. The number of ketones is 1. The molecule has 86 valence electrons. The molecule has 4 heteroatoms. The van der Waals surface area contributed by atoms with Crippen LogP contribution in [0.1, 0.15) is 12.5 Å². The van der Waals surface area contributed by atoms with Crippen LogP contribution in [-0.4, -0.2) is 16.0 Å². The van der Waals surface area contributed by atoms with Gasteiger partial charge in [-0.15, -0.1) is 0 Å². The molecule has 17 heavy (non-hydrogen) atoms. The Kier molecular flexibility index (Phi) is 3.14. The molecule has 0 saturated carbocycles. The summed E-state index contributed by atoms with van der Waals surface area (Å²) in [7, 11) is 0. The van der Waals surface area contributed by atoms with E-state index in [4.69, 9.17) is 0 Å². The highest BCUT2D eigenvalue weighted by atomic mass is 19.1. The third kappa shape index (κ3) is 2.66. The second-order valence-corrected chi connectivity index (χ2v) is 3.65. The highest BCUT2D eigenvalue weighted by Crippen LogP contribution is 2.22. The number of rotatable bonds is 3. The Morgan fingerprint density at radius 1 is 1.35 bits per heavy atom. The number of carbonyl (C=O) groups is 1. The molecule has 1 aromatic heterocycles. The highest BCUT2D eigenvalue weighted by molar-refractivity contribution is 5.92. The average molecular weight is 230 g/mol. The SMILES string of the molecule is CC(=O)/C=C/c1cn[nH]c1-c1ccc(F)cc1. The number of carbonyl (C=O) groups excluding carboxylic acids is 1. The maximum Gasteiger partial charge on any atom is 0.152 e. The van der Waals surface area contributed by atoms with Crippen LogP contribution in [0.3, 0.4) is 0 Å². The van der Waals surface area contributed by atoms with Crippen LogP contribution in [0.4, 0.5) is 4.39 Å². The molecule has 2 rings (SSSR count). The van der Waals surface area contributed by atoms with Crippen LogP contribution in [0.15, 0.2) is 36.5 Å². The Balaban J connectivity index is 2.36. The monoisotopic (exact) mass is 230 g/mol. The molecule has 1 heterocycles. The largest absolute Gasteiger partial charge is 0.295 e. The van der Waals surface area contributed by atoms with Gasteiger partial charge in [-0.3, -0.25) is 9.89 Å². The van der Waals surface area contributed by atoms with Gasteiger partial charge in [0.25, 0.3) is 0 Å². The Hall–Kier alpha value is -2.23. The number of benzene rings is 1. The maximum absolute atomic E-state index is 12.8. The average Bonchev–Trinajstić information content (AvgIpc) is 2.75. The van der Waals surface area contributed by atoms with Gasteiger partial charge < -0.3 is 0 Å². The molecule has 3 nitrogen and oxygen atoms in total. The molecule has 0 amide bonds. The van der Waals surface area contributed by atoms with Gasteiger partial charge in [-0.25, -0.2) is 4.39 Å². The summed E-state index contributed by atoms with van der Waals surface area (Å²) >= 11 is 0. The lowest BCUT2D eigenvalue weighted by molar-refractivity contribution is -0.112. The van der Waals surface area contributed by atoms with Gasteiger partial charge in [0, 0.05) is 11.1 Å². The van der Waals surface area contributed by atoms with Gasteiger partial charge in [-0.2, -0.15) is 5.10 Å².